The minimum atomic E-state index is -1.26. The number of aromatic hydroxyl groups is 1. The number of pyridine rings is 1. The van der Waals surface area contributed by atoms with Crippen molar-refractivity contribution in [1.29, 1.82) is 0 Å². The number of methoxy groups -OCH3 is 1. The van der Waals surface area contributed by atoms with Gasteiger partial charge in [0.2, 0.25) is 0 Å². The molecule has 8 heteroatoms. The number of carbonyl (C=O) groups is 2. The molecule has 1 heterocycles. The van der Waals surface area contributed by atoms with Gasteiger partial charge in [0, 0.05) is 41.1 Å². The summed E-state index contributed by atoms with van der Waals surface area (Å²) in [7, 11) is 1.13. The van der Waals surface area contributed by atoms with E-state index in [-0.39, 0.29) is 57.4 Å². The zero-order chi connectivity index (χ0) is 18.8. The molecule has 3 rings (SSSR count). The van der Waals surface area contributed by atoms with Crippen LogP contribution in [0.1, 0.15) is 31.8 Å². The van der Waals surface area contributed by atoms with Crippen LogP contribution in [0, 0.1) is 5.82 Å². The summed E-state index contributed by atoms with van der Waals surface area (Å²) >= 11 is 0. The third kappa shape index (κ3) is 4.27. The zero-order valence-electron chi connectivity index (χ0n) is 14.7. The summed E-state index contributed by atoms with van der Waals surface area (Å²) in [5.74, 6) is -2.91. The number of rotatable bonds is 4. The van der Waals surface area contributed by atoms with Crippen LogP contribution in [-0.2, 0) is 11.2 Å². The Hall–Kier alpha value is -2.48. The Labute approximate surface area is 175 Å². The van der Waals surface area contributed by atoms with Crippen molar-refractivity contribution in [3.05, 3.63) is 70.7 Å². The molecule has 27 heavy (non-hydrogen) atoms. The third-order valence-corrected chi connectivity index (χ3v) is 3.96. The van der Waals surface area contributed by atoms with Crippen molar-refractivity contribution < 1.29 is 28.9 Å². The third-order valence-electron chi connectivity index (χ3n) is 3.96. The SMILES string of the molecule is COC(=O)c1cc(C(=O)O)c2cc(Cc3ccc(F)cc3)cnc2c1O.[Na]. The number of hydrogen-bond acceptors (Lipinski definition) is 5. The Balaban J connectivity index is 0.00000261. The molecule has 0 aliphatic rings. The number of halogens is 1. The summed E-state index contributed by atoms with van der Waals surface area (Å²) in [4.78, 5) is 27.5. The van der Waals surface area contributed by atoms with E-state index in [1.54, 1.807) is 18.2 Å². The predicted molar refractivity (Wildman–Crippen MR) is 96.7 cm³/mol. The van der Waals surface area contributed by atoms with Crippen LogP contribution < -0.4 is 0 Å². The quantitative estimate of drug-likeness (QED) is 0.535. The fourth-order valence-electron chi connectivity index (χ4n) is 2.70. The molecule has 0 amide bonds. The summed E-state index contributed by atoms with van der Waals surface area (Å²) in [6, 6.07) is 8.55. The van der Waals surface area contributed by atoms with Gasteiger partial charge in [0.1, 0.15) is 16.9 Å². The van der Waals surface area contributed by atoms with E-state index < -0.39 is 17.7 Å². The van der Waals surface area contributed by atoms with E-state index in [0.29, 0.717) is 12.0 Å². The van der Waals surface area contributed by atoms with E-state index >= 15 is 0 Å². The number of carboxylic acid groups (broad SMARTS) is 1. The second-order valence-corrected chi connectivity index (χ2v) is 5.66. The number of nitrogens with zero attached hydrogens (tertiary/aromatic N) is 1. The number of hydrogen-bond donors (Lipinski definition) is 2. The second-order valence-electron chi connectivity index (χ2n) is 5.66. The van der Waals surface area contributed by atoms with Crippen LogP contribution in [0.25, 0.3) is 10.9 Å². The van der Waals surface area contributed by atoms with Gasteiger partial charge in [-0.25, -0.2) is 14.0 Å². The minimum Gasteiger partial charge on any atom is -0.505 e. The topological polar surface area (TPSA) is 96.7 Å². The second kappa shape index (κ2) is 8.47. The van der Waals surface area contributed by atoms with Gasteiger partial charge in [-0.2, -0.15) is 0 Å². The maximum atomic E-state index is 13.0. The average molecular weight is 378 g/mol. The van der Waals surface area contributed by atoms with Crippen LogP contribution in [0.3, 0.4) is 0 Å². The first-order valence-corrected chi connectivity index (χ1v) is 7.61. The number of phenols is 1. The molecule has 1 radical (unpaired) electrons. The maximum absolute atomic E-state index is 13.0. The van der Waals surface area contributed by atoms with E-state index in [1.807, 2.05) is 0 Å². The van der Waals surface area contributed by atoms with E-state index in [2.05, 4.69) is 9.72 Å². The van der Waals surface area contributed by atoms with Crippen LogP contribution in [0.15, 0.2) is 42.6 Å². The summed E-state index contributed by atoms with van der Waals surface area (Å²) in [6.07, 6.45) is 1.87. The van der Waals surface area contributed by atoms with E-state index in [0.717, 1.165) is 18.7 Å². The molecule has 0 unspecified atom stereocenters. The van der Waals surface area contributed by atoms with Crippen molar-refractivity contribution in [2.75, 3.05) is 7.11 Å². The summed E-state index contributed by atoms with van der Waals surface area (Å²) in [6.45, 7) is 0. The van der Waals surface area contributed by atoms with Gasteiger partial charge in [-0.1, -0.05) is 12.1 Å². The molecule has 2 aromatic carbocycles. The number of benzene rings is 2. The Kier molecular flexibility index (Phi) is 6.54. The molecular weight excluding hydrogens is 364 g/mol. The molecule has 0 saturated carbocycles. The van der Waals surface area contributed by atoms with Crippen LogP contribution in [0.2, 0.25) is 0 Å². The van der Waals surface area contributed by atoms with Crippen molar-refractivity contribution in [2.45, 2.75) is 6.42 Å². The van der Waals surface area contributed by atoms with Gasteiger partial charge in [0.15, 0.2) is 5.75 Å². The fraction of sp³-hybridized carbons (Fsp3) is 0.105. The Morgan fingerprint density at radius 1 is 1.11 bits per heavy atom. The van der Waals surface area contributed by atoms with Crippen molar-refractivity contribution in [3.63, 3.8) is 0 Å². The fourth-order valence-corrected chi connectivity index (χ4v) is 2.70. The molecule has 6 nitrogen and oxygen atoms in total. The zero-order valence-corrected chi connectivity index (χ0v) is 16.7. The van der Waals surface area contributed by atoms with Gasteiger partial charge in [0.05, 0.1) is 12.7 Å². The normalized spacial score (nSPS) is 10.3. The standard InChI is InChI=1S/C19H14FNO5.Na/c1-26-19(25)15-8-14(18(23)24)13-7-11(9-21-16(13)17(15)22)6-10-2-4-12(20)5-3-10;/h2-5,7-9,22H,6H2,1H3,(H,23,24);. The van der Waals surface area contributed by atoms with Gasteiger partial charge in [-0.3, -0.25) is 4.98 Å². The molecule has 0 saturated heterocycles. The molecule has 0 atom stereocenters. The van der Waals surface area contributed by atoms with Gasteiger partial charge < -0.3 is 14.9 Å². The number of carbonyl (C=O) groups excluding carboxylic acids is 1. The van der Waals surface area contributed by atoms with Gasteiger partial charge in [0.25, 0.3) is 0 Å². The van der Waals surface area contributed by atoms with E-state index in [4.69, 9.17) is 0 Å². The first kappa shape index (κ1) is 20.8. The van der Waals surface area contributed by atoms with Gasteiger partial charge in [-0.05, 0) is 41.8 Å². The molecule has 3 aromatic rings. The molecule has 1 aromatic heterocycles. The van der Waals surface area contributed by atoms with E-state index in [9.17, 15) is 24.2 Å². The molecule has 2 N–H and O–H groups in total. The number of carboxylic acids is 1. The van der Waals surface area contributed by atoms with Crippen molar-refractivity contribution in [1.82, 2.24) is 4.98 Å². The van der Waals surface area contributed by atoms with Crippen molar-refractivity contribution in [3.8, 4) is 5.75 Å². The molecule has 0 fully saturated rings. The molecule has 0 spiro atoms. The Morgan fingerprint density at radius 3 is 2.37 bits per heavy atom. The van der Waals surface area contributed by atoms with Gasteiger partial charge in [-0.15, -0.1) is 0 Å². The van der Waals surface area contributed by atoms with Crippen LogP contribution >= 0.6 is 0 Å². The minimum absolute atomic E-state index is 0. The molecule has 0 bridgehead atoms. The number of esters is 1. The summed E-state index contributed by atoms with van der Waals surface area (Å²) in [5, 5.41) is 19.9. The number of ether oxygens (including phenoxy) is 1. The molecule has 0 aliphatic heterocycles. The van der Waals surface area contributed by atoms with Crippen LogP contribution in [0.4, 0.5) is 4.39 Å². The largest absolute Gasteiger partial charge is 0.505 e. The van der Waals surface area contributed by atoms with Crippen LogP contribution in [-0.4, -0.2) is 63.8 Å². The number of aromatic carboxylic acids is 1. The average Bonchev–Trinajstić information content (AvgIpc) is 2.63. The molecular formula is C19H14FNNaO5. The molecule has 0 aliphatic carbocycles. The Bertz CT molecular complexity index is 1020. The predicted octanol–water partition coefficient (Wildman–Crippen LogP) is 2.77. The van der Waals surface area contributed by atoms with Gasteiger partial charge >= 0.3 is 11.9 Å². The first-order chi connectivity index (χ1) is 12.4. The monoisotopic (exact) mass is 378 g/mol. The smallest absolute Gasteiger partial charge is 0.341 e. The van der Waals surface area contributed by atoms with Crippen molar-refractivity contribution in [2.24, 2.45) is 0 Å². The summed E-state index contributed by atoms with van der Waals surface area (Å²) < 4.78 is 17.6. The summed E-state index contributed by atoms with van der Waals surface area (Å²) in [5.41, 5.74) is 1.05. The first-order valence-electron chi connectivity index (χ1n) is 7.61. The number of fused-ring (bicyclic) bond motifs is 1. The Morgan fingerprint density at radius 2 is 1.78 bits per heavy atom. The van der Waals surface area contributed by atoms with Crippen LogP contribution in [0.5, 0.6) is 5.75 Å². The molecule has 133 valence electrons. The number of phenolic OH excluding ortho intramolecular Hbond substituents is 1. The number of aromatic nitrogens is 1. The van der Waals surface area contributed by atoms with E-state index in [1.165, 1.54) is 18.3 Å². The maximum Gasteiger partial charge on any atom is 0.341 e. The van der Waals surface area contributed by atoms with Crippen molar-refractivity contribution >= 4 is 52.4 Å².